The monoisotopic (exact) mass is 272 g/mol. The predicted octanol–water partition coefficient (Wildman–Crippen LogP) is 3.36. The molecule has 0 aliphatic carbocycles. The molecular weight excluding hydrogens is 256 g/mol. The van der Waals surface area contributed by atoms with Crippen LogP contribution in [0.2, 0.25) is 0 Å². The van der Waals surface area contributed by atoms with Crippen LogP contribution in [0.4, 0.5) is 0 Å². The number of phenolic OH excluding ortho intramolecular Hbond substituents is 1. The molecule has 1 aromatic carbocycles. The number of methoxy groups -OCH3 is 1. The summed E-state index contributed by atoms with van der Waals surface area (Å²) in [6.07, 6.45) is 0.821. The van der Waals surface area contributed by atoms with Crippen LogP contribution in [-0.4, -0.2) is 17.5 Å². The molecule has 84 valence electrons. The number of rotatable bonds is 4. The summed E-state index contributed by atoms with van der Waals surface area (Å²) in [5, 5.41) is 10.8. The van der Waals surface area contributed by atoms with Gasteiger partial charge in [-0.1, -0.05) is 41.9 Å². The Morgan fingerprint density at radius 2 is 2.07 bits per heavy atom. The van der Waals surface area contributed by atoms with Crippen LogP contribution in [0.25, 0.3) is 0 Å². The molecule has 0 heterocycles. The number of aromatic hydroxyl groups is 1. The fraction of sp³-hybridized carbons (Fsp3) is 0.500. The van der Waals surface area contributed by atoms with Crippen LogP contribution in [-0.2, 0) is 6.42 Å². The zero-order chi connectivity index (χ0) is 11.5. The first kappa shape index (κ1) is 12.4. The Hall–Kier alpha value is -0.700. The topological polar surface area (TPSA) is 29.5 Å². The van der Waals surface area contributed by atoms with Crippen LogP contribution in [0.3, 0.4) is 0 Å². The van der Waals surface area contributed by atoms with Gasteiger partial charge >= 0.3 is 0 Å². The number of benzene rings is 1. The normalized spacial score (nSPS) is 11.5. The van der Waals surface area contributed by atoms with Gasteiger partial charge in [-0.2, -0.15) is 0 Å². The van der Waals surface area contributed by atoms with Gasteiger partial charge in [-0.05, 0) is 23.5 Å². The average molecular weight is 273 g/mol. The molecule has 0 fully saturated rings. The van der Waals surface area contributed by atoms with Crippen LogP contribution in [0.15, 0.2) is 18.2 Å². The number of alkyl halides is 1. The maximum absolute atomic E-state index is 9.91. The third-order valence-electron chi connectivity index (χ3n) is 2.33. The van der Waals surface area contributed by atoms with Gasteiger partial charge in [0.15, 0.2) is 11.5 Å². The SMILES string of the molecule is COc1cccc(CC(C)(C)CBr)c1O. The van der Waals surface area contributed by atoms with Crippen molar-refractivity contribution in [3.8, 4) is 11.5 Å². The lowest BCUT2D eigenvalue weighted by molar-refractivity contribution is 0.361. The van der Waals surface area contributed by atoms with E-state index in [1.165, 1.54) is 0 Å². The van der Waals surface area contributed by atoms with E-state index in [4.69, 9.17) is 4.74 Å². The molecule has 0 atom stereocenters. The van der Waals surface area contributed by atoms with E-state index in [1.807, 2.05) is 12.1 Å². The van der Waals surface area contributed by atoms with Crippen molar-refractivity contribution in [3.63, 3.8) is 0 Å². The molecule has 1 aromatic rings. The Kier molecular flexibility index (Phi) is 4.03. The molecule has 0 unspecified atom stereocenters. The van der Waals surface area contributed by atoms with Crippen molar-refractivity contribution in [2.24, 2.45) is 5.41 Å². The largest absolute Gasteiger partial charge is 0.504 e. The Balaban J connectivity index is 2.95. The average Bonchev–Trinajstić information content (AvgIpc) is 2.21. The molecule has 0 saturated heterocycles. The van der Waals surface area contributed by atoms with Crippen molar-refractivity contribution in [1.82, 2.24) is 0 Å². The minimum Gasteiger partial charge on any atom is -0.504 e. The lowest BCUT2D eigenvalue weighted by Crippen LogP contribution is -2.16. The highest BCUT2D eigenvalue weighted by Gasteiger charge is 2.19. The summed E-state index contributed by atoms with van der Waals surface area (Å²) in [4.78, 5) is 0. The molecule has 0 radical (unpaired) electrons. The van der Waals surface area contributed by atoms with Crippen LogP contribution in [0, 0.1) is 5.41 Å². The molecule has 3 heteroatoms. The van der Waals surface area contributed by atoms with Gasteiger partial charge in [0.05, 0.1) is 7.11 Å². The number of hydrogen-bond acceptors (Lipinski definition) is 2. The van der Waals surface area contributed by atoms with E-state index in [9.17, 15) is 5.11 Å². The Morgan fingerprint density at radius 1 is 1.40 bits per heavy atom. The third-order valence-corrected chi connectivity index (χ3v) is 3.85. The van der Waals surface area contributed by atoms with E-state index in [1.54, 1.807) is 13.2 Å². The summed E-state index contributed by atoms with van der Waals surface area (Å²) in [7, 11) is 1.56. The second-order valence-electron chi connectivity index (χ2n) is 4.44. The summed E-state index contributed by atoms with van der Waals surface area (Å²) in [6, 6.07) is 5.60. The molecule has 1 rings (SSSR count). The summed E-state index contributed by atoms with van der Waals surface area (Å²) >= 11 is 3.48. The predicted molar refractivity (Wildman–Crippen MR) is 65.9 cm³/mol. The van der Waals surface area contributed by atoms with Crippen molar-refractivity contribution in [3.05, 3.63) is 23.8 Å². The van der Waals surface area contributed by atoms with Gasteiger partial charge in [-0.3, -0.25) is 0 Å². The third kappa shape index (κ3) is 3.13. The number of para-hydroxylation sites is 1. The summed E-state index contributed by atoms with van der Waals surface area (Å²) in [5.41, 5.74) is 1.06. The number of ether oxygens (including phenoxy) is 1. The molecule has 2 nitrogen and oxygen atoms in total. The van der Waals surface area contributed by atoms with E-state index in [2.05, 4.69) is 29.8 Å². The zero-order valence-electron chi connectivity index (χ0n) is 9.38. The second kappa shape index (κ2) is 4.88. The van der Waals surface area contributed by atoms with Crippen molar-refractivity contribution >= 4 is 15.9 Å². The maximum atomic E-state index is 9.91. The Morgan fingerprint density at radius 3 is 2.60 bits per heavy atom. The molecule has 0 aromatic heterocycles. The number of halogens is 1. The van der Waals surface area contributed by atoms with Crippen molar-refractivity contribution in [2.45, 2.75) is 20.3 Å². The highest BCUT2D eigenvalue weighted by Crippen LogP contribution is 2.34. The van der Waals surface area contributed by atoms with Crippen LogP contribution >= 0.6 is 15.9 Å². The second-order valence-corrected chi connectivity index (χ2v) is 5.00. The van der Waals surface area contributed by atoms with E-state index in [-0.39, 0.29) is 11.2 Å². The fourth-order valence-electron chi connectivity index (χ4n) is 1.44. The molecule has 0 amide bonds. The van der Waals surface area contributed by atoms with Crippen LogP contribution in [0.5, 0.6) is 11.5 Å². The first-order valence-corrected chi connectivity index (χ1v) is 6.03. The quantitative estimate of drug-likeness (QED) is 0.852. The highest BCUT2D eigenvalue weighted by atomic mass is 79.9. The first-order valence-electron chi connectivity index (χ1n) is 4.91. The number of phenols is 1. The lowest BCUT2D eigenvalue weighted by atomic mass is 9.87. The van der Waals surface area contributed by atoms with Crippen LogP contribution < -0.4 is 4.74 Å². The first-order chi connectivity index (χ1) is 7.00. The molecule has 15 heavy (non-hydrogen) atoms. The van der Waals surface area contributed by atoms with Gasteiger partial charge < -0.3 is 9.84 Å². The van der Waals surface area contributed by atoms with E-state index >= 15 is 0 Å². The van der Waals surface area contributed by atoms with E-state index in [0.29, 0.717) is 5.75 Å². The maximum Gasteiger partial charge on any atom is 0.160 e. The lowest BCUT2D eigenvalue weighted by Gasteiger charge is -2.22. The molecule has 1 N–H and O–H groups in total. The van der Waals surface area contributed by atoms with Gasteiger partial charge in [0.1, 0.15) is 0 Å². The molecule has 0 aliphatic rings. The van der Waals surface area contributed by atoms with Gasteiger partial charge in [0, 0.05) is 5.33 Å². The standard InChI is InChI=1S/C12H17BrO2/c1-12(2,8-13)7-9-5-4-6-10(15-3)11(9)14/h4-6,14H,7-8H2,1-3H3. The van der Waals surface area contributed by atoms with Crippen LogP contribution in [0.1, 0.15) is 19.4 Å². The summed E-state index contributed by atoms with van der Waals surface area (Å²) in [6.45, 7) is 4.31. The molecule has 0 spiro atoms. The van der Waals surface area contributed by atoms with Gasteiger partial charge in [0.25, 0.3) is 0 Å². The summed E-state index contributed by atoms with van der Waals surface area (Å²) in [5.74, 6) is 0.798. The van der Waals surface area contributed by atoms with Gasteiger partial charge in [0.2, 0.25) is 0 Å². The molecule has 0 saturated carbocycles. The van der Waals surface area contributed by atoms with Gasteiger partial charge in [-0.25, -0.2) is 0 Å². The van der Waals surface area contributed by atoms with E-state index in [0.717, 1.165) is 17.3 Å². The Labute approximate surface area is 99.4 Å². The molecule has 0 bridgehead atoms. The highest BCUT2D eigenvalue weighted by molar-refractivity contribution is 9.09. The zero-order valence-corrected chi connectivity index (χ0v) is 11.0. The minimum absolute atomic E-state index is 0.129. The van der Waals surface area contributed by atoms with Crippen molar-refractivity contribution in [1.29, 1.82) is 0 Å². The molecular formula is C12H17BrO2. The summed E-state index contributed by atoms with van der Waals surface area (Å²) < 4.78 is 5.07. The minimum atomic E-state index is 0.129. The molecule has 0 aliphatic heterocycles. The van der Waals surface area contributed by atoms with E-state index < -0.39 is 0 Å². The van der Waals surface area contributed by atoms with Crippen molar-refractivity contribution < 1.29 is 9.84 Å². The fourth-order valence-corrected chi connectivity index (χ4v) is 1.64. The van der Waals surface area contributed by atoms with Gasteiger partial charge in [-0.15, -0.1) is 0 Å². The number of hydrogen-bond donors (Lipinski definition) is 1. The van der Waals surface area contributed by atoms with Crippen molar-refractivity contribution in [2.75, 3.05) is 12.4 Å². The smallest absolute Gasteiger partial charge is 0.160 e. The Bertz CT molecular complexity index is 334.